The van der Waals surface area contributed by atoms with Gasteiger partial charge in [-0.05, 0) is 36.4 Å². The summed E-state index contributed by atoms with van der Waals surface area (Å²) in [5.74, 6) is 1.30. The number of nitrogens with one attached hydrogen (secondary N) is 1. The number of hydrogen-bond acceptors (Lipinski definition) is 7. The number of fused-ring (bicyclic) bond motifs is 1. The van der Waals surface area contributed by atoms with Crippen molar-refractivity contribution in [1.82, 2.24) is 9.97 Å². The maximum atomic E-state index is 11.4. The summed E-state index contributed by atoms with van der Waals surface area (Å²) in [4.78, 5) is 11.5. The number of nitrogens with two attached hydrogens (primary N) is 1. The number of primary sulfonamides is 1. The van der Waals surface area contributed by atoms with Gasteiger partial charge >= 0.3 is 0 Å². The fourth-order valence-corrected chi connectivity index (χ4v) is 3.50. The molecule has 0 aliphatic carbocycles. The van der Waals surface area contributed by atoms with Crippen LogP contribution >= 0.6 is 0 Å². The Kier molecular flexibility index (Phi) is 4.65. The zero-order valence-corrected chi connectivity index (χ0v) is 15.3. The summed E-state index contributed by atoms with van der Waals surface area (Å²) in [5, 5.41) is 9.25. The SMILES string of the molecule is NS(=O)(=O)c1ccc(Nc2nc(N3CCOCC3)c3ccccc3n2)cc1. The Morgan fingerprint density at radius 1 is 1.00 bits per heavy atom. The van der Waals surface area contributed by atoms with Gasteiger partial charge in [0.1, 0.15) is 5.82 Å². The van der Waals surface area contributed by atoms with Crippen molar-refractivity contribution in [2.24, 2.45) is 5.14 Å². The number of ether oxygens (including phenoxy) is 1. The van der Waals surface area contributed by atoms with Crippen LogP contribution in [0.2, 0.25) is 0 Å². The Balaban J connectivity index is 1.69. The zero-order chi connectivity index (χ0) is 18.9. The number of para-hydroxylation sites is 1. The first-order valence-electron chi connectivity index (χ1n) is 8.50. The molecule has 1 aliphatic rings. The Morgan fingerprint density at radius 3 is 2.41 bits per heavy atom. The molecule has 140 valence electrons. The first-order chi connectivity index (χ1) is 13.0. The van der Waals surface area contributed by atoms with Gasteiger partial charge in [0.15, 0.2) is 0 Å². The maximum Gasteiger partial charge on any atom is 0.238 e. The molecule has 0 atom stereocenters. The highest BCUT2D eigenvalue weighted by atomic mass is 32.2. The lowest BCUT2D eigenvalue weighted by Gasteiger charge is -2.29. The van der Waals surface area contributed by atoms with E-state index in [1.165, 1.54) is 12.1 Å². The van der Waals surface area contributed by atoms with Crippen molar-refractivity contribution in [2.45, 2.75) is 4.90 Å². The number of hydrogen-bond donors (Lipinski definition) is 2. The van der Waals surface area contributed by atoms with Crippen molar-refractivity contribution in [1.29, 1.82) is 0 Å². The Bertz CT molecular complexity index is 1060. The quantitative estimate of drug-likeness (QED) is 0.705. The Labute approximate surface area is 157 Å². The third-order valence-corrected chi connectivity index (χ3v) is 5.26. The van der Waals surface area contributed by atoms with E-state index in [9.17, 15) is 8.42 Å². The molecule has 0 radical (unpaired) electrons. The van der Waals surface area contributed by atoms with Crippen molar-refractivity contribution in [3.05, 3.63) is 48.5 Å². The number of anilines is 3. The number of aromatic nitrogens is 2. The van der Waals surface area contributed by atoms with Crippen molar-refractivity contribution in [3.63, 3.8) is 0 Å². The van der Waals surface area contributed by atoms with Crippen LogP contribution in [0.3, 0.4) is 0 Å². The van der Waals surface area contributed by atoms with E-state index in [2.05, 4.69) is 15.2 Å². The van der Waals surface area contributed by atoms with Gasteiger partial charge in [-0.25, -0.2) is 18.5 Å². The summed E-state index contributed by atoms with van der Waals surface area (Å²) in [6.45, 7) is 2.86. The molecule has 9 heteroatoms. The number of rotatable bonds is 4. The molecule has 3 N–H and O–H groups in total. The fraction of sp³-hybridized carbons (Fsp3) is 0.222. The van der Waals surface area contributed by atoms with Gasteiger partial charge in [-0.3, -0.25) is 0 Å². The van der Waals surface area contributed by atoms with Crippen LogP contribution in [0.1, 0.15) is 0 Å². The molecule has 1 saturated heterocycles. The van der Waals surface area contributed by atoms with Crippen molar-refractivity contribution < 1.29 is 13.2 Å². The van der Waals surface area contributed by atoms with Gasteiger partial charge in [0.05, 0.1) is 23.6 Å². The minimum atomic E-state index is -3.72. The van der Waals surface area contributed by atoms with Gasteiger partial charge in [0.2, 0.25) is 16.0 Å². The monoisotopic (exact) mass is 385 g/mol. The lowest BCUT2D eigenvalue weighted by Crippen LogP contribution is -2.37. The Morgan fingerprint density at radius 2 is 1.70 bits per heavy atom. The van der Waals surface area contributed by atoms with E-state index >= 15 is 0 Å². The molecule has 0 unspecified atom stereocenters. The summed E-state index contributed by atoms with van der Waals surface area (Å²) in [7, 11) is -3.72. The normalized spacial score (nSPS) is 15.1. The molecular weight excluding hydrogens is 366 g/mol. The molecule has 0 spiro atoms. The zero-order valence-electron chi connectivity index (χ0n) is 14.5. The minimum absolute atomic E-state index is 0.0569. The van der Waals surface area contributed by atoms with Crippen LogP contribution in [0, 0.1) is 0 Å². The van der Waals surface area contributed by atoms with E-state index in [4.69, 9.17) is 14.9 Å². The molecule has 8 nitrogen and oxygen atoms in total. The molecular formula is C18H19N5O3S. The average Bonchev–Trinajstić information content (AvgIpc) is 2.68. The molecule has 2 heterocycles. The summed E-state index contributed by atoms with van der Waals surface area (Å²) in [5.41, 5.74) is 1.50. The van der Waals surface area contributed by atoms with Crippen LogP contribution in [-0.2, 0) is 14.8 Å². The second kappa shape index (κ2) is 7.10. The Hall–Kier alpha value is -2.75. The fourth-order valence-electron chi connectivity index (χ4n) is 2.99. The highest BCUT2D eigenvalue weighted by molar-refractivity contribution is 7.89. The van der Waals surface area contributed by atoms with Gasteiger partial charge in [0.25, 0.3) is 0 Å². The number of morpholine rings is 1. The maximum absolute atomic E-state index is 11.4. The second-order valence-corrected chi connectivity index (χ2v) is 7.74. The van der Waals surface area contributed by atoms with Crippen LogP contribution in [0.5, 0.6) is 0 Å². The molecule has 4 rings (SSSR count). The summed E-state index contributed by atoms with van der Waals surface area (Å²) < 4.78 is 28.2. The van der Waals surface area contributed by atoms with Crippen molar-refractivity contribution in [2.75, 3.05) is 36.5 Å². The largest absolute Gasteiger partial charge is 0.378 e. The lowest BCUT2D eigenvalue weighted by atomic mass is 10.2. The first-order valence-corrected chi connectivity index (χ1v) is 10.0. The molecule has 0 amide bonds. The van der Waals surface area contributed by atoms with E-state index in [1.807, 2.05) is 24.3 Å². The molecule has 3 aromatic rings. The van der Waals surface area contributed by atoms with E-state index in [-0.39, 0.29) is 4.90 Å². The van der Waals surface area contributed by atoms with Crippen molar-refractivity contribution in [3.8, 4) is 0 Å². The highest BCUT2D eigenvalue weighted by Gasteiger charge is 2.17. The second-order valence-electron chi connectivity index (χ2n) is 6.18. The summed E-state index contributed by atoms with van der Waals surface area (Å²) >= 11 is 0. The van der Waals surface area contributed by atoms with Crippen LogP contribution in [0.25, 0.3) is 10.9 Å². The third-order valence-electron chi connectivity index (χ3n) is 4.33. The van der Waals surface area contributed by atoms with Gasteiger partial charge < -0.3 is 15.0 Å². The van der Waals surface area contributed by atoms with Crippen LogP contribution in [0.4, 0.5) is 17.5 Å². The van der Waals surface area contributed by atoms with Crippen molar-refractivity contribution >= 4 is 38.4 Å². The molecule has 2 aromatic carbocycles. The van der Waals surface area contributed by atoms with Gasteiger partial charge in [0, 0.05) is 24.2 Å². The van der Waals surface area contributed by atoms with Gasteiger partial charge in [-0.1, -0.05) is 12.1 Å². The molecule has 27 heavy (non-hydrogen) atoms. The lowest BCUT2D eigenvalue weighted by molar-refractivity contribution is 0.122. The van der Waals surface area contributed by atoms with Crippen LogP contribution in [-0.4, -0.2) is 44.7 Å². The predicted molar refractivity (Wildman–Crippen MR) is 104 cm³/mol. The van der Waals surface area contributed by atoms with E-state index < -0.39 is 10.0 Å². The van der Waals surface area contributed by atoms with Gasteiger partial charge in [-0.15, -0.1) is 0 Å². The summed E-state index contributed by atoms with van der Waals surface area (Å²) in [6.07, 6.45) is 0. The number of nitrogens with zero attached hydrogens (tertiary/aromatic N) is 3. The topological polar surface area (TPSA) is 110 Å². The van der Waals surface area contributed by atoms with E-state index in [0.29, 0.717) is 24.8 Å². The minimum Gasteiger partial charge on any atom is -0.378 e. The first kappa shape index (κ1) is 17.7. The van der Waals surface area contributed by atoms with Crippen LogP contribution in [0.15, 0.2) is 53.4 Å². The average molecular weight is 385 g/mol. The molecule has 1 fully saturated rings. The highest BCUT2D eigenvalue weighted by Crippen LogP contribution is 2.27. The molecule has 1 aromatic heterocycles. The standard InChI is InChI=1S/C18H19N5O3S/c19-27(24,25)14-7-5-13(6-8-14)20-18-21-16-4-2-1-3-15(16)17(22-18)23-9-11-26-12-10-23/h1-8H,9-12H2,(H2,19,24,25)(H,20,21,22). The summed E-state index contributed by atoms with van der Waals surface area (Å²) in [6, 6.07) is 14.0. The van der Waals surface area contributed by atoms with E-state index in [0.717, 1.165) is 29.8 Å². The third kappa shape index (κ3) is 3.85. The predicted octanol–water partition coefficient (Wildman–Crippen LogP) is 1.86. The number of benzene rings is 2. The van der Waals surface area contributed by atoms with E-state index in [1.54, 1.807) is 12.1 Å². The molecule has 0 saturated carbocycles. The van der Waals surface area contributed by atoms with Crippen LogP contribution < -0.4 is 15.4 Å². The number of sulfonamides is 1. The molecule has 1 aliphatic heterocycles. The van der Waals surface area contributed by atoms with Gasteiger partial charge in [-0.2, -0.15) is 4.98 Å². The smallest absolute Gasteiger partial charge is 0.238 e. The molecule has 0 bridgehead atoms.